The van der Waals surface area contributed by atoms with Gasteiger partial charge in [-0.3, -0.25) is 10.2 Å². The first-order valence-electron chi connectivity index (χ1n) is 5.83. The van der Waals surface area contributed by atoms with Crippen molar-refractivity contribution in [2.24, 2.45) is 5.10 Å². The molecule has 0 fully saturated rings. The second kappa shape index (κ2) is 4.86. The van der Waals surface area contributed by atoms with Gasteiger partial charge in [-0.1, -0.05) is 12.1 Å². The molecule has 2 heterocycles. The number of nitrogens with one attached hydrogen (secondary N) is 1. The predicted molar refractivity (Wildman–Crippen MR) is 78.2 cm³/mol. The van der Waals surface area contributed by atoms with Crippen molar-refractivity contribution in [1.82, 2.24) is 9.99 Å². The maximum absolute atomic E-state index is 10.3. The molecule has 3 rings (SSSR count). The molecule has 1 aromatic heterocycles. The molecule has 0 unspecified atom stereocenters. The Morgan fingerprint density at radius 2 is 2.25 bits per heavy atom. The molecule has 100 valence electrons. The third-order valence-corrected chi connectivity index (χ3v) is 3.91. The summed E-state index contributed by atoms with van der Waals surface area (Å²) in [4.78, 5) is 14.7. The van der Waals surface area contributed by atoms with Gasteiger partial charge >= 0.3 is 0 Å². The lowest BCUT2D eigenvalue weighted by Crippen LogP contribution is -2.20. The van der Waals surface area contributed by atoms with Crippen LogP contribution in [0.3, 0.4) is 0 Å². The number of hydrazone groups is 1. The fraction of sp³-hybridized carbons (Fsp3) is 0.0769. The van der Waals surface area contributed by atoms with Crippen molar-refractivity contribution < 1.29 is 9.90 Å². The van der Waals surface area contributed by atoms with E-state index < -0.39 is 0 Å². The van der Waals surface area contributed by atoms with Gasteiger partial charge in [0.25, 0.3) is 0 Å². The lowest BCUT2D eigenvalue weighted by Gasteiger charge is -2.09. The van der Waals surface area contributed by atoms with E-state index in [9.17, 15) is 9.90 Å². The molecule has 1 aliphatic rings. The average Bonchev–Trinajstić information content (AvgIpc) is 2.97. The summed E-state index contributed by atoms with van der Waals surface area (Å²) in [7, 11) is 0. The number of aliphatic hydroxyl groups is 1. The van der Waals surface area contributed by atoms with Gasteiger partial charge in [0.2, 0.25) is 0 Å². The van der Waals surface area contributed by atoms with E-state index in [1.165, 1.54) is 16.3 Å². The minimum absolute atomic E-state index is 0.0390. The van der Waals surface area contributed by atoms with E-state index in [0.717, 1.165) is 16.4 Å². The minimum Gasteiger partial charge on any atom is -0.509 e. The standard InChI is InChI=1S/C13H10N4O2S/c14-12-11(9(19)7-17(12)15-5-6-18)13-16-8-3-1-2-4-10(8)20-13/h1-6,14,19H,7H2. The topological polar surface area (TPSA) is 89.6 Å². The zero-order chi connectivity index (χ0) is 14.1. The molecular formula is C13H10N4O2S. The first kappa shape index (κ1) is 12.5. The monoisotopic (exact) mass is 286 g/mol. The van der Waals surface area contributed by atoms with Crippen LogP contribution < -0.4 is 0 Å². The molecule has 2 N–H and O–H groups in total. The third-order valence-electron chi connectivity index (χ3n) is 2.86. The van der Waals surface area contributed by atoms with Gasteiger partial charge in [0.15, 0.2) is 12.1 Å². The second-order valence-corrected chi connectivity index (χ2v) is 5.15. The Bertz CT molecular complexity index is 730. The number of nitrogens with zero attached hydrogens (tertiary/aromatic N) is 3. The van der Waals surface area contributed by atoms with Crippen molar-refractivity contribution in [3.63, 3.8) is 0 Å². The van der Waals surface area contributed by atoms with Crippen LogP contribution in [0.15, 0.2) is 35.1 Å². The molecule has 1 aromatic carbocycles. The fourth-order valence-corrected chi connectivity index (χ4v) is 3.01. The Morgan fingerprint density at radius 3 is 3.00 bits per heavy atom. The summed E-state index contributed by atoms with van der Waals surface area (Å²) >= 11 is 1.41. The van der Waals surface area contributed by atoms with Crippen LogP contribution in [-0.2, 0) is 4.79 Å². The highest BCUT2D eigenvalue weighted by molar-refractivity contribution is 7.19. The van der Waals surface area contributed by atoms with Gasteiger partial charge < -0.3 is 5.11 Å². The number of aliphatic hydroxyl groups excluding tert-OH is 1. The van der Waals surface area contributed by atoms with E-state index in [-0.39, 0.29) is 18.1 Å². The van der Waals surface area contributed by atoms with Crippen molar-refractivity contribution in [2.75, 3.05) is 6.54 Å². The summed E-state index contributed by atoms with van der Waals surface area (Å²) in [5.41, 5.74) is 1.20. The number of para-hydroxylation sites is 1. The Kier molecular flexibility index (Phi) is 3.03. The van der Waals surface area contributed by atoms with E-state index >= 15 is 0 Å². The number of thiazole rings is 1. The molecular weight excluding hydrogens is 276 g/mol. The van der Waals surface area contributed by atoms with E-state index in [2.05, 4.69) is 10.1 Å². The Labute approximate surface area is 118 Å². The Hall–Kier alpha value is -2.54. The van der Waals surface area contributed by atoms with E-state index in [0.29, 0.717) is 16.9 Å². The molecule has 6 nitrogen and oxygen atoms in total. The maximum atomic E-state index is 10.3. The van der Waals surface area contributed by atoms with E-state index in [4.69, 9.17) is 5.41 Å². The van der Waals surface area contributed by atoms with Crippen molar-refractivity contribution in [2.45, 2.75) is 0 Å². The summed E-state index contributed by atoms with van der Waals surface area (Å²) in [6.45, 7) is 0.0778. The van der Waals surface area contributed by atoms with Gasteiger partial charge in [-0.2, -0.15) is 5.10 Å². The summed E-state index contributed by atoms with van der Waals surface area (Å²) in [5, 5.41) is 23.7. The quantitative estimate of drug-likeness (QED) is 0.667. The van der Waals surface area contributed by atoms with Crippen molar-refractivity contribution >= 4 is 45.5 Å². The van der Waals surface area contributed by atoms with Crippen LogP contribution in [-0.4, -0.2) is 40.0 Å². The van der Waals surface area contributed by atoms with Crippen molar-refractivity contribution in [3.8, 4) is 0 Å². The molecule has 1 aliphatic heterocycles. The van der Waals surface area contributed by atoms with Crippen molar-refractivity contribution in [3.05, 3.63) is 35.0 Å². The van der Waals surface area contributed by atoms with Crippen LogP contribution >= 0.6 is 11.3 Å². The van der Waals surface area contributed by atoms with Crippen LogP contribution in [0.1, 0.15) is 5.01 Å². The predicted octanol–water partition coefficient (Wildman–Crippen LogP) is 2.04. The minimum atomic E-state index is 0.0390. The number of aromatic nitrogens is 1. The zero-order valence-corrected chi connectivity index (χ0v) is 11.1. The normalized spacial score (nSPS) is 15.8. The molecule has 0 atom stereocenters. The van der Waals surface area contributed by atoms with Crippen LogP contribution in [0.4, 0.5) is 0 Å². The smallest absolute Gasteiger partial charge is 0.162 e. The molecule has 0 spiro atoms. The molecule has 0 radical (unpaired) electrons. The summed E-state index contributed by atoms with van der Waals surface area (Å²) in [5.74, 6) is 0.0803. The van der Waals surface area contributed by atoms with Gasteiger partial charge in [0.1, 0.15) is 17.3 Å². The molecule has 0 bridgehead atoms. The number of rotatable bonds is 3. The van der Waals surface area contributed by atoms with Gasteiger partial charge in [0.05, 0.1) is 22.0 Å². The number of benzene rings is 1. The van der Waals surface area contributed by atoms with Crippen LogP contribution in [0.5, 0.6) is 0 Å². The summed E-state index contributed by atoms with van der Waals surface area (Å²) < 4.78 is 0.991. The van der Waals surface area contributed by atoms with Gasteiger partial charge in [-0.25, -0.2) is 9.99 Å². The molecule has 20 heavy (non-hydrogen) atoms. The lowest BCUT2D eigenvalue weighted by atomic mass is 10.2. The summed E-state index contributed by atoms with van der Waals surface area (Å²) in [6.07, 6.45) is 1.57. The number of amidine groups is 1. The Morgan fingerprint density at radius 1 is 1.45 bits per heavy atom. The van der Waals surface area contributed by atoms with Crippen LogP contribution in [0, 0.1) is 5.41 Å². The highest BCUT2D eigenvalue weighted by Crippen LogP contribution is 2.32. The Balaban J connectivity index is 2.00. The molecule has 0 amide bonds. The van der Waals surface area contributed by atoms with Crippen LogP contribution in [0.2, 0.25) is 0 Å². The second-order valence-electron chi connectivity index (χ2n) is 4.12. The molecule has 2 aromatic rings. The first-order valence-corrected chi connectivity index (χ1v) is 6.64. The number of hydrogen-bond donors (Lipinski definition) is 2. The zero-order valence-electron chi connectivity index (χ0n) is 10.3. The van der Waals surface area contributed by atoms with Crippen LogP contribution in [0.25, 0.3) is 15.8 Å². The molecule has 0 saturated heterocycles. The average molecular weight is 286 g/mol. The largest absolute Gasteiger partial charge is 0.509 e. The molecule has 0 aliphatic carbocycles. The van der Waals surface area contributed by atoms with Gasteiger partial charge in [0, 0.05) is 0 Å². The van der Waals surface area contributed by atoms with E-state index in [1.54, 1.807) is 0 Å². The van der Waals surface area contributed by atoms with Gasteiger partial charge in [-0.05, 0) is 12.1 Å². The lowest BCUT2D eigenvalue weighted by molar-refractivity contribution is -0.102. The number of hydrogen-bond acceptors (Lipinski definition) is 6. The highest BCUT2D eigenvalue weighted by Gasteiger charge is 2.30. The number of carbonyl (C=O) groups is 1. The van der Waals surface area contributed by atoms with Crippen molar-refractivity contribution in [1.29, 1.82) is 5.41 Å². The fourth-order valence-electron chi connectivity index (χ4n) is 1.98. The molecule has 7 heteroatoms. The van der Waals surface area contributed by atoms with Gasteiger partial charge in [-0.15, -0.1) is 11.3 Å². The highest BCUT2D eigenvalue weighted by atomic mass is 32.1. The summed E-state index contributed by atoms with van der Waals surface area (Å²) in [6, 6.07) is 7.63. The first-order chi connectivity index (χ1) is 9.70. The van der Waals surface area contributed by atoms with E-state index in [1.807, 2.05) is 24.3 Å². The number of carbonyl (C=O) groups excluding carboxylic acids is 1. The third kappa shape index (κ3) is 1.97. The molecule has 0 saturated carbocycles. The maximum Gasteiger partial charge on any atom is 0.162 e. The number of fused-ring (bicyclic) bond motifs is 1. The SMILES string of the molecule is N=C1C(c2nc3ccccc3s2)=C(O)CN1N=CC=O. The number of aldehydes is 1.